The van der Waals surface area contributed by atoms with Gasteiger partial charge < -0.3 is 99.5 Å². The molecule has 0 aromatic heterocycles. The number of hydrogen-bond donors (Lipinski definition) is 13. The Labute approximate surface area is 317 Å². The van der Waals surface area contributed by atoms with E-state index in [-0.39, 0.29) is 11.1 Å². The van der Waals surface area contributed by atoms with Crippen molar-refractivity contribution in [3.8, 4) is 23.0 Å². The number of rotatable bonds is 13. The Bertz CT molecular complexity index is 1640. The predicted octanol–water partition coefficient (Wildman–Crippen LogP) is -3.70. The fourth-order valence-electron chi connectivity index (χ4n) is 6.15. The van der Waals surface area contributed by atoms with E-state index in [0.29, 0.717) is 0 Å². The maximum Gasteiger partial charge on any atom is 0.331 e. The Morgan fingerprint density at radius 1 is 0.696 bits per heavy atom. The number of carbonyl (C=O) groups excluding carboxylic acids is 1. The summed E-state index contributed by atoms with van der Waals surface area (Å²) in [6, 6.07) is 7.08. The summed E-state index contributed by atoms with van der Waals surface area (Å²) < 4.78 is 39.9. The third kappa shape index (κ3) is 9.85. The molecule has 2 unspecified atom stereocenters. The monoisotopic (exact) mass is 802 g/mol. The van der Waals surface area contributed by atoms with E-state index in [9.17, 15) is 71.2 Å². The second kappa shape index (κ2) is 18.7. The molecule has 0 radical (unpaired) electrons. The number of phenols is 4. The average molecular weight is 803 g/mol. The summed E-state index contributed by atoms with van der Waals surface area (Å²) in [4.78, 5) is 13.3. The molecule has 13 N–H and O–H groups in total. The van der Waals surface area contributed by atoms with Gasteiger partial charge in [0, 0.05) is 6.08 Å². The van der Waals surface area contributed by atoms with Gasteiger partial charge >= 0.3 is 5.97 Å². The Morgan fingerprint density at radius 3 is 1.96 bits per heavy atom. The van der Waals surface area contributed by atoms with Crippen LogP contribution in [0, 0.1) is 0 Å². The number of benzene rings is 2. The van der Waals surface area contributed by atoms with Crippen LogP contribution in [0.15, 0.2) is 42.5 Å². The van der Waals surface area contributed by atoms with Crippen LogP contribution in [0.4, 0.5) is 0 Å². The third-order valence-electron chi connectivity index (χ3n) is 9.45. The van der Waals surface area contributed by atoms with E-state index >= 15 is 0 Å². The topological polar surface area (TPSA) is 345 Å². The first-order chi connectivity index (χ1) is 26.5. The van der Waals surface area contributed by atoms with Crippen LogP contribution in [0.3, 0.4) is 0 Å². The molecule has 0 amide bonds. The molecule has 3 saturated heterocycles. The SMILES string of the molecule is C[C@@H]1O[C@@H](O[C@@H]2[C@@H](O)[C@H](OCC(O)c3ccc(O)c(O)c3)O[C@H](COC3O[C@H](CO)[C@@H](O)[C@H](O)[C@H]3O)[C@H]2OC(=O)/C=C/c2ccc(O)c(O)c2)[C@H](O)[C@H](O)[C@H]1O. The van der Waals surface area contributed by atoms with E-state index in [4.69, 9.17) is 33.2 Å². The van der Waals surface area contributed by atoms with E-state index in [2.05, 4.69) is 0 Å². The number of phenolic OH excluding ortho intramolecular Hbond substituents is 4. The zero-order valence-electron chi connectivity index (χ0n) is 29.6. The molecule has 56 heavy (non-hydrogen) atoms. The van der Waals surface area contributed by atoms with Gasteiger partial charge in [0.25, 0.3) is 0 Å². The van der Waals surface area contributed by atoms with Gasteiger partial charge in [-0.15, -0.1) is 0 Å². The van der Waals surface area contributed by atoms with Crippen molar-refractivity contribution in [1.29, 1.82) is 0 Å². The summed E-state index contributed by atoms with van der Waals surface area (Å²) in [5.41, 5.74) is 0.309. The summed E-state index contributed by atoms with van der Waals surface area (Å²) in [7, 11) is 0. The zero-order valence-corrected chi connectivity index (χ0v) is 29.6. The highest BCUT2D eigenvalue weighted by Gasteiger charge is 2.53. The Kier molecular flexibility index (Phi) is 14.5. The number of aliphatic hydroxyl groups excluding tert-OH is 9. The number of esters is 1. The highest BCUT2D eigenvalue weighted by atomic mass is 16.8. The van der Waals surface area contributed by atoms with Crippen molar-refractivity contribution < 1.29 is 104 Å². The number of aliphatic hydroxyl groups is 9. The lowest BCUT2D eigenvalue weighted by Crippen LogP contribution is -2.65. The van der Waals surface area contributed by atoms with Crippen molar-refractivity contribution in [2.75, 3.05) is 19.8 Å². The molecule has 2 aromatic carbocycles. The highest BCUT2D eigenvalue weighted by Crippen LogP contribution is 2.34. The first kappa shape index (κ1) is 43.4. The minimum absolute atomic E-state index is 0.0710. The van der Waals surface area contributed by atoms with Gasteiger partial charge in [-0.1, -0.05) is 12.1 Å². The molecule has 3 aliphatic rings. The summed E-state index contributed by atoms with van der Waals surface area (Å²) in [5.74, 6) is -3.06. The molecule has 3 aliphatic heterocycles. The minimum atomic E-state index is -1.98. The van der Waals surface area contributed by atoms with Gasteiger partial charge in [-0.2, -0.15) is 0 Å². The van der Waals surface area contributed by atoms with E-state index in [1.165, 1.54) is 25.1 Å². The fourth-order valence-corrected chi connectivity index (χ4v) is 6.15. The van der Waals surface area contributed by atoms with Crippen molar-refractivity contribution in [3.63, 3.8) is 0 Å². The maximum atomic E-state index is 13.3. The number of carbonyl (C=O) groups is 1. The van der Waals surface area contributed by atoms with E-state index < -0.39 is 147 Å². The van der Waals surface area contributed by atoms with Crippen LogP contribution in [0.2, 0.25) is 0 Å². The van der Waals surface area contributed by atoms with Crippen LogP contribution in [-0.2, 0) is 38.0 Å². The molecular formula is C35H46O21. The van der Waals surface area contributed by atoms with E-state index in [1.54, 1.807) is 0 Å². The number of aromatic hydroxyl groups is 4. The second-order valence-electron chi connectivity index (χ2n) is 13.4. The quantitative estimate of drug-likeness (QED) is 0.0526. The van der Waals surface area contributed by atoms with Gasteiger partial charge in [-0.3, -0.25) is 0 Å². The summed E-state index contributed by atoms with van der Waals surface area (Å²) >= 11 is 0. The van der Waals surface area contributed by atoms with Crippen molar-refractivity contribution in [2.45, 2.75) is 105 Å². The molecule has 3 heterocycles. The van der Waals surface area contributed by atoms with Crippen molar-refractivity contribution in [3.05, 3.63) is 53.6 Å². The van der Waals surface area contributed by atoms with Crippen LogP contribution in [-0.4, -0.2) is 184 Å². The lowest BCUT2D eigenvalue weighted by molar-refractivity contribution is -0.365. The first-order valence-corrected chi connectivity index (χ1v) is 17.3. The van der Waals surface area contributed by atoms with E-state index in [1.807, 2.05) is 0 Å². The molecule has 21 nitrogen and oxygen atoms in total. The molecule has 312 valence electrons. The maximum absolute atomic E-state index is 13.3. The van der Waals surface area contributed by atoms with Gasteiger partial charge in [0.15, 0.2) is 48.0 Å². The molecule has 0 bridgehead atoms. The van der Waals surface area contributed by atoms with Crippen LogP contribution in [0.1, 0.15) is 24.2 Å². The molecule has 21 heteroatoms. The zero-order chi connectivity index (χ0) is 41.0. The molecule has 3 fully saturated rings. The van der Waals surface area contributed by atoms with Crippen LogP contribution >= 0.6 is 0 Å². The average Bonchev–Trinajstić information content (AvgIpc) is 3.17. The summed E-state index contributed by atoms with van der Waals surface area (Å²) in [5, 5.41) is 134. The molecule has 5 rings (SSSR count). The lowest BCUT2D eigenvalue weighted by Gasteiger charge is -2.47. The van der Waals surface area contributed by atoms with Crippen LogP contribution < -0.4 is 0 Å². The van der Waals surface area contributed by atoms with Gasteiger partial charge in [0.05, 0.1) is 25.9 Å². The molecule has 0 spiro atoms. The molecule has 0 saturated carbocycles. The van der Waals surface area contributed by atoms with Crippen molar-refractivity contribution in [1.82, 2.24) is 0 Å². The highest BCUT2D eigenvalue weighted by molar-refractivity contribution is 5.87. The van der Waals surface area contributed by atoms with Crippen LogP contribution in [0.5, 0.6) is 23.0 Å². The lowest BCUT2D eigenvalue weighted by atomic mass is 9.96. The molecular weight excluding hydrogens is 756 g/mol. The minimum Gasteiger partial charge on any atom is -0.504 e. The van der Waals surface area contributed by atoms with E-state index in [0.717, 1.165) is 30.3 Å². The number of ether oxygens (including phenoxy) is 7. The summed E-state index contributed by atoms with van der Waals surface area (Å²) in [6.45, 7) is -0.831. The Morgan fingerprint density at radius 2 is 1.30 bits per heavy atom. The second-order valence-corrected chi connectivity index (χ2v) is 13.4. The number of hydrogen-bond acceptors (Lipinski definition) is 21. The normalized spacial score (nSPS) is 37.0. The molecule has 16 atom stereocenters. The first-order valence-electron chi connectivity index (χ1n) is 17.3. The summed E-state index contributed by atoms with van der Waals surface area (Å²) in [6.07, 6.45) is -25.2. The smallest absolute Gasteiger partial charge is 0.331 e. The largest absolute Gasteiger partial charge is 0.504 e. The Balaban J connectivity index is 1.45. The molecule has 2 aromatic rings. The standard InChI is InChI=1S/C35H46O21/c1-13-24(43)26(45)29(48)35(52-13)56-32-30(49)34(50-11-20(41)15-4-6-17(38)19(40)9-15)54-22(12-51-33-28(47)27(46)25(44)21(10-36)53-33)31(32)55-23(42)7-3-14-2-5-16(37)18(39)8-14/h2-9,13,20-22,24-41,43-49H,10-12H2,1H3/b7-3+/t13-,20?,21+,22+,24-,25+,26+,27-,28+,29+,30+,31+,32+,33?,34+,35-/m0/s1. The van der Waals surface area contributed by atoms with Gasteiger partial charge in [-0.25, -0.2) is 4.79 Å². The predicted molar refractivity (Wildman–Crippen MR) is 181 cm³/mol. The molecule has 0 aliphatic carbocycles. The van der Waals surface area contributed by atoms with Gasteiger partial charge in [0.2, 0.25) is 0 Å². The fraction of sp³-hybridized carbons (Fsp3) is 0.571. The van der Waals surface area contributed by atoms with Crippen molar-refractivity contribution in [2.24, 2.45) is 0 Å². The van der Waals surface area contributed by atoms with Crippen LogP contribution in [0.25, 0.3) is 6.08 Å². The van der Waals surface area contributed by atoms with Gasteiger partial charge in [0.1, 0.15) is 67.1 Å². The van der Waals surface area contributed by atoms with Crippen molar-refractivity contribution >= 4 is 12.0 Å². The third-order valence-corrected chi connectivity index (χ3v) is 9.45. The van der Waals surface area contributed by atoms with Gasteiger partial charge in [-0.05, 0) is 48.4 Å². The Hall–Kier alpha value is -3.75.